The third-order valence-electron chi connectivity index (χ3n) is 6.16. The van der Waals surface area contributed by atoms with Crippen molar-refractivity contribution in [3.8, 4) is 17.3 Å². The molecule has 0 saturated carbocycles. The molecular weight excluding hydrogens is 513 g/mol. The molecule has 5 heterocycles. The zero-order valence-electron chi connectivity index (χ0n) is 20.6. The SMILES string of the molecule is Nc1nc(NCCN2CCN(c3ccc(OCc4n[nH]c(=O)o4)cc3F)CC2)nc2nc(-c3ccco3)nn12. The highest BCUT2D eigenvalue weighted by Gasteiger charge is 2.20. The van der Waals surface area contributed by atoms with E-state index in [-0.39, 0.29) is 24.3 Å². The normalized spacial score (nSPS) is 14.2. The molecule has 16 heteroatoms. The topological polar surface area (TPSA) is 182 Å². The third kappa shape index (κ3) is 5.35. The van der Waals surface area contributed by atoms with Gasteiger partial charge in [0.2, 0.25) is 17.7 Å². The Bertz CT molecular complexity index is 1620. The molecule has 6 rings (SSSR count). The highest BCUT2D eigenvalue weighted by atomic mass is 19.1. The molecule has 0 spiro atoms. The van der Waals surface area contributed by atoms with E-state index in [0.29, 0.717) is 54.4 Å². The number of halogens is 1. The maximum atomic E-state index is 14.8. The van der Waals surface area contributed by atoms with Gasteiger partial charge >= 0.3 is 5.76 Å². The van der Waals surface area contributed by atoms with Crippen molar-refractivity contribution < 1.29 is 18.0 Å². The summed E-state index contributed by atoms with van der Waals surface area (Å²) in [6, 6.07) is 8.17. The van der Waals surface area contributed by atoms with Crippen LogP contribution in [0.4, 0.5) is 22.0 Å². The molecule has 4 aromatic heterocycles. The van der Waals surface area contributed by atoms with Gasteiger partial charge in [0.1, 0.15) is 11.6 Å². The minimum atomic E-state index is -0.670. The van der Waals surface area contributed by atoms with Crippen LogP contribution in [0.25, 0.3) is 17.4 Å². The van der Waals surface area contributed by atoms with Gasteiger partial charge in [0.25, 0.3) is 11.7 Å². The first-order valence-electron chi connectivity index (χ1n) is 12.1. The number of fused-ring (bicyclic) bond motifs is 1. The van der Waals surface area contributed by atoms with E-state index in [4.69, 9.17) is 19.3 Å². The minimum absolute atomic E-state index is 0.0826. The van der Waals surface area contributed by atoms with Crippen LogP contribution in [0, 0.1) is 5.82 Å². The van der Waals surface area contributed by atoms with Crippen LogP contribution in [0.5, 0.6) is 5.75 Å². The average molecular weight is 538 g/mol. The average Bonchev–Trinajstić information content (AvgIpc) is 3.69. The fourth-order valence-corrected chi connectivity index (χ4v) is 4.23. The highest BCUT2D eigenvalue weighted by Crippen LogP contribution is 2.25. The van der Waals surface area contributed by atoms with Gasteiger partial charge in [-0.1, -0.05) is 0 Å². The van der Waals surface area contributed by atoms with Gasteiger partial charge in [-0.3, -0.25) is 4.90 Å². The second-order valence-corrected chi connectivity index (χ2v) is 8.69. The quantitative estimate of drug-likeness (QED) is 0.242. The van der Waals surface area contributed by atoms with Crippen molar-refractivity contribution in [2.45, 2.75) is 6.61 Å². The van der Waals surface area contributed by atoms with Crippen molar-refractivity contribution in [1.29, 1.82) is 0 Å². The summed E-state index contributed by atoms with van der Waals surface area (Å²) in [5.41, 5.74) is 6.54. The number of hydrogen-bond acceptors (Lipinski definition) is 13. The van der Waals surface area contributed by atoms with Gasteiger partial charge in [0, 0.05) is 45.3 Å². The number of piperazine rings is 1. The molecule has 1 fully saturated rings. The van der Waals surface area contributed by atoms with Crippen molar-refractivity contribution in [3.05, 3.63) is 58.9 Å². The predicted octanol–water partition coefficient (Wildman–Crippen LogP) is 0.990. The Kier molecular flexibility index (Phi) is 6.50. The van der Waals surface area contributed by atoms with Crippen LogP contribution in [0.3, 0.4) is 0 Å². The van der Waals surface area contributed by atoms with Crippen molar-refractivity contribution in [3.63, 3.8) is 0 Å². The Labute approximate surface area is 219 Å². The summed E-state index contributed by atoms with van der Waals surface area (Å²) in [6.45, 7) is 4.10. The molecule has 15 nitrogen and oxygen atoms in total. The van der Waals surface area contributed by atoms with Crippen molar-refractivity contribution >= 4 is 23.4 Å². The van der Waals surface area contributed by atoms with E-state index in [9.17, 15) is 9.18 Å². The monoisotopic (exact) mass is 537 g/mol. The van der Waals surface area contributed by atoms with Gasteiger partial charge in [-0.05, 0) is 24.3 Å². The van der Waals surface area contributed by atoms with Crippen LogP contribution in [0.1, 0.15) is 5.89 Å². The van der Waals surface area contributed by atoms with E-state index in [1.54, 1.807) is 30.5 Å². The lowest BCUT2D eigenvalue weighted by Crippen LogP contribution is -2.48. The van der Waals surface area contributed by atoms with Crippen LogP contribution in [0.2, 0.25) is 0 Å². The zero-order valence-corrected chi connectivity index (χ0v) is 20.6. The number of nitrogens with one attached hydrogen (secondary N) is 2. The first-order chi connectivity index (χ1) is 19.0. The molecule has 1 aromatic carbocycles. The van der Waals surface area contributed by atoms with Crippen LogP contribution in [-0.4, -0.2) is 78.9 Å². The molecule has 5 aromatic rings. The smallest absolute Gasteiger partial charge is 0.434 e. The Balaban J connectivity index is 0.990. The van der Waals surface area contributed by atoms with E-state index in [2.05, 4.69) is 40.5 Å². The first kappa shape index (κ1) is 24.4. The van der Waals surface area contributed by atoms with E-state index >= 15 is 0 Å². The Morgan fingerprint density at radius 1 is 1.15 bits per heavy atom. The number of aromatic nitrogens is 7. The molecule has 0 amide bonds. The zero-order chi connectivity index (χ0) is 26.8. The number of nitrogens with two attached hydrogens (primary N) is 1. The minimum Gasteiger partial charge on any atom is -0.484 e. The van der Waals surface area contributed by atoms with Gasteiger partial charge < -0.3 is 29.5 Å². The number of benzene rings is 1. The summed E-state index contributed by atoms with van der Waals surface area (Å²) in [4.78, 5) is 28.3. The number of hydrogen-bond donors (Lipinski definition) is 3. The molecule has 0 bridgehead atoms. The number of furan rings is 1. The molecule has 1 saturated heterocycles. The van der Waals surface area contributed by atoms with Crippen LogP contribution >= 0.6 is 0 Å². The van der Waals surface area contributed by atoms with Crippen molar-refractivity contribution in [2.24, 2.45) is 0 Å². The highest BCUT2D eigenvalue weighted by molar-refractivity contribution is 5.53. The van der Waals surface area contributed by atoms with Gasteiger partial charge in [0.05, 0.1) is 12.0 Å². The molecular formula is C23H24FN11O4. The molecule has 0 unspecified atom stereocenters. The van der Waals surface area contributed by atoms with Crippen molar-refractivity contribution in [2.75, 3.05) is 55.2 Å². The molecule has 0 aliphatic carbocycles. The largest absolute Gasteiger partial charge is 0.484 e. The van der Waals surface area contributed by atoms with Gasteiger partial charge in [0.15, 0.2) is 12.4 Å². The van der Waals surface area contributed by atoms with E-state index in [1.165, 1.54) is 10.6 Å². The number of aromatic amines is 1. The Hall–Kier alpha value is -4.99. The summed E-state index contributed by atoms with van der Waals surface area (Å²) in [7, 11) is 0. The van der Waals surface area contributed by atoms with E-state index in [0.717, 1.165) is 19.6 Å². The number of H-pyrrole nitrogens is 1. The first-order valence-corrected chi connectivity index (χ1v) is 12.1. The molecule has 0 atom stereocenters. The van der Waals surface area contributed by atoms with Crippen molar-refractivity contribution in [1.82, 2.24) is 39.7 Å². The lowest BCUT2D eigenvalue weighted by atomic mass is 10.2. The number of rotatable bonds is 9. The summed E-state index contributed by atoms with van der Waals surface area (Å²) in [6.07, 6.45) is 1.54. The lowest BCUT2D eigenvalue weighted by molar-refractivity contribution is 0.257. The van der Waals surface area contributed by atoms with Crippen LogP contribution in [0.15, 0.2) is 50.2 Å². The summed E-state index contributed by atoms with van der Waals surface area (Å²) >= 11 is 0. The Morgan fingerprint density at radius 2 is 2.03 bits per heavy atom. The van der Waals surface area contributed by atoms with Crippen LogP contribution in [-0.2, 0) is 6.61 Å². The second kappa shape index (κ2) is 10.4. The number of ether oxygens (including phenoxy) is 1. The van der Waals surface area contributed by atoms with Gasteiger partial charge in [-0.15, -0.1) is 10.2 Å². The Morgan fingerprint density at radius 3 is 2.77 bits per heavy atom. The number of nitrogen functional groups attached to an aromatic ring is 1. The van der Waals surface area contributed by atoms with Crippen LogP contribution < -0.4 is 26.4 Å². The summed E-state index contributed by atoms with van der Waals surface area (Å²) < 4.78 is 31.7. The number of anilines is 3. The van der Waals surface area contributed by atoms with E-state index < -0.39 is 5.76 Å². The predicted molar refractivity (Wildman–Crippen MR) is 136 cm³/mol. The molecule has 1 aliphatic rings. The molecule has 39 heavy (non-hydrogen) atoms. The van der Waals surface area contributed by atoms with E-state index in [1.807, 2.05) is 4.90 Å². The fraction of sp³-hybridized carbons (Fsp3) is 0.304. The molecule has 202 valence electrons. The fourth-order valence-electron chi connectivity index (χ4n) is 4.23. The maximum Gasteiger partial charge on any atom is 0.434 e. The van der Waals surface area contributed by atoms with Gasteiger partial charge in [-0.2, -0.15) is 19.5 Å². The standard InChI is InChI=1S/C23H24FN11O4/c24-15-12-14(38-13-18-30-31-23(36)39-18)3-4-16(15)34-9-7-33(8-10-34)6-5-26-21-28-20(25)35-22(29-21)27-19(32-35)17-2-1-11-37-17/h1-4,11-12H,5-10,13H2,(H,31,36)(H3,25,26,27,28,29,32). The molecule has 1 aliphatic heterocycles. The van der Waals surface area contributed by atoms with Gasteiger partial charge in [-0.25, -0.2) is 14.3 Å². The molecule has 4 N–H and O–H groups in total. The summed E-state index contributed by atoms with van der Waals surface area (Å²) in [5.74, 6) is 1.06. The number of nitrogens with zero attached hydrogens (tertiary/aromatic N) is 8. The lowest BCUT2D eigenvalue weighted by Gasteiger charge is -2.36. The molecule has 0 radical (unpaired) electrons. The second-order valence-electron chi connectivity index (χ2n) is 8.69. The third-order valence-corrected chi connectivity index (χ3v) is 6.16. The summed E-state index contributed by atoms with van der Waals surface area (Å²) in [5, 5.41) is 13.3. The maximum absolute atomic E-state index is 14.8.